The lowest BCUT2D eigenvalue weighted by Crippen LogP contribution is -2.35. The number of aryl methyl sites for hydroxylation is 1. The van der Waals surface area contributed by atoms with Crippen LogP contribution in [0.4, 0.5) is 0 Å². The van der Waals surface area contributed by atoms with Crippen LogP contribution in [0.2, 0.25) is 0 Å². The lowest BCUT2D eigenvalue weighted by Gasteiger charge is -2.27. The molecule has 1 aromatic rings. The summed E-state index contributed by atoms with van der Waals surface area (Å²) in [6, 6.07) is 0.269. The number of halogens is 1. The first-order chi connectivity index (χ1) is 7.59. The molecule has 1 heterocycles. The largest absolute Gasteiger partial charge is 0.345 e. The molecule has 17 heavy (non-hydrogen) atoms. The Morgan fingerprint density at radius 2 is 2.00 bits per heavy atom. The monoisotopic (exact) mass is 260 g/mol. The predicted octanol–water partition coefficient (Wildman–Crippen LogP) is 0.601. The van der Waals surface area contributed by atoms with Crippen molar-refractivity contribution < 1.29 is 0 Å². The van der Waals surface area contributed by atoms with Crippen molar-refractivity contribution in [1.82, 2.24) is 14.3 Å². The van der Waals surface area contributed by atoms with Gasteiger partial charge in [-0.25, -0.2) is 9.48 Å². The molecule has 0 aliphatic heterocycles. The fraction of sp³-hybridized carbons (Fsp3) is 0.818. The van der Waals surface area contributed by atoms with Crippen LogP contribution in [-0.4, -0.2) is 20.4 Å². The van der Waals surface area contributed by atoms with Gasteiger partial charge in [0.05, 0.1) is 0 Å². The van der Waals surface area contributed by atoms with Crippen LogP contribution in [0.25, 0.3) is 0 Å². The smallest absolute Gasteiger partial charge is 0.327 e. The highest BCUT2D eigenvalue weighted by Gasteiger charge is 2.24. The molecular weight excluding hydrogens is 240 g/mol. The third-order valence-electron chi connectivity index (χ3n) is 3.63. The van der Waals surface area contributed by atoms with Gasteiger partial charge in [0.1, 0.15) is 5.82 Å². The minimum absolute atomic E-state index is 0. The molecular formula is C11H21ClN4O. The summed E-state index contributed by atoms with van der Waals surface area (Å²) < 4.78 is 3.02. The van der Waals surface area contributed by atoms with Gasteiger partial charge in [-0.3, -0.25) is 4.57 Å². The van der Waals surface area contributed by atoms with E-state index in [1.807, 2.05) is 0 Å². The van der Waals surface area contributed by atoms with Gasteiger partial charge in [-0.05, 0) is 18.8 Å². The average Bonchev–Trinajstić information content (AvgIpc) is 2.50. The summed E-state index contributed by atoms with van der Waals surface area (Å²) in [5, 5.41) is 4.25. The molecule has 0 saturated heterocycles. The quantitative estimate of drug-likeness (QED) is 0.847. The Balaban J connectivity index is 0.00000144. The second-order valence-corrected chi connectivity index (χ2v) is 4.79. The lowest BCUT2D eigenvalue weighted by molar-refractivity contribution is 0.300. The van der Waals surface area contributed by atoms with Gasteiger partial charge >= 0.3 is 5.69 Å². The van der Waals surface area contributed by atoms with Gasteiger partial charge in [0.25, 0.3) is 0 Å². The summed E-state index contributed by atoms with van der Waals surface area (Å²) >= 11 is 0. The van der Waals surface area contributed by atoms with Crippen molar-refractivity contribution in [3.8, 4) is 0 Å². The molecule has 2 rings (SSSR count). The van der Waals surface area contributed by atoms with Crippen molar-refractivity contribution in [3.63, 3.8) is 0 Å². The maximum atomic E-state index is 11.5. The van der Waals surface area contributed by atoms with Crippen LogP contribution in [0.5, 0.6) is 0 Å². The number of aromatic nitrogens is 3. The first kappa shape index (κ1) is 14.3. The summed E-state index contributed by atoms with van der Waals surface area (Å²) in [7, 11) is 3.46. The van der Waals surface area contributed by atoms with Crippen molar-refractivity contribution in [2.45, 2.75) is 38.1 Å². The number of hydrogen-bond acceptors (Lipinski definition) is 3. The fourth-order valence-electron chi connectivity index (χ4n) is 2.51. The molecule has 2 N–H and O–H groups in total. The normalized spacial score (nSPS) is 24.4. The summed E-state index contributed by atoms with van der Waals surface area (Å²) in [5.41, 5.74) is 6.04. The Labute approximate surface area is 107 Å². The Morgan fingerprint density at radius 1 is 1.35 bits per heavy atom. The zero-order chi connectivity index (χ0) is 11.7. The molecule has 1 aliphatic rings. The van der Waals surface area contributed by atoms with Gasteiger partial charge in [-0.1, -0.05) is 12.8 Å². The first-order valence-corrected chi connectivity index (χ1v) is 5.94. The minimum atomic E-state index is -0.0561. The van der Waals surface area contributed by atoms with Crippen molar-refractivity contribution in [3.05, 3.63) is 16.3 Å². The maximum absolute atomic E-state index is 11.5. The molecule has 0 radical (unpaired) electrons. The van der Waals surface area contributed by atoms with Gasteiger partial charge < -0.3 is 5.73 Å². The highest BCUT2D eigenvalue weighted by Crippen LogP contribution is 2.25. The molecule has 0 bridgehead atoms. The maximum Gasteiger partial charge on any atom is 0.345 e. The predicted molar refractivity (Wildman–Crippen MR) is 69.3 cm³/mol. The molecule has 1 aromatic heterocycles. The molecule has 0 amide bonds. The molecule has 5 nitrogen and oxygen atoms in total. The second-order valence-electron chi connectivity index (χ2n) is 4.79. The summed E-state index contributed by atoms with van der Waals surface area (Å²) in [5.74, 6) is 1.34. The molecule has 98 valence electrons. The van der Waals surface area contributed by atoms with E-state index in [1.54, 1.807) is 18.7 Å². The summed E-state index contributed by atoms with van der Waals surface area (Å²) in [4.78, 5) is 11.5. The number of hydrogen-bond donors (Lipinski definition) is 1. The summed E-state index contributed by atoms with van der Waals surface area (Å²) in [6.45, 7) is 0. The Kier molecular flexibility index (Phi) is 4.77. The zero-order valence-electron chi connectivity index (χ0n) is 10.4. The standard InChI is InChI=1S/C11H20N4O.ClH/c1-14-10(13-15(2)11(14)16)7-8-5-3-4-6-9(8)12;/h8-9H,3-7,12H2,1-2H3;1H/t8-,9+;/m1./s1. The van der Waals surface area contributed by atoms with Crippen molar-refractivity contribution in [2.24, 2.45) is 25.7 Å². The molecule has 1 fully saturated rings. The van der Waals surface area contributed by atoms with E-state index in [2.05, 4.69) is 5.10 Å². The average molecular weight is 261 g/mol. The van der Waals surface area contributed by atoms with Gasteiger partial charge in [0.15, 0.2) is 0 Å². The lowest BCUT2D eigenvalue weighted by atomic mass is 9.83. The van der Waals surface area contributed by atoms with Crippen molar-refractivity contribution >= 4 is 12.4 Å². The fourth-order valence-corrected chi connectivity index (χ4v) is 2.51. The SMILES string of the molecule is Cl.Cn1nc(C[C@H]2CCCC[C@@H]2N)n(C)c1=O. The van der Waals surface area contributed by atoms with E-state index in [0.717, 1.165) is 25.1 Å². The Morgan fingerprint density at radius 3 is 2.53 bits per heavy atom. The number of nitrogens with zero attached hydrogens (tertiary/aromatic N) is 3. The highest BCUT2D eigenvalue weighted by atomic mass is 35.5. The minimum Gasteiger partial charge on any atom is -0.327 e. The summed E-state index contributed by atoms with van der Waals surface area (Å²) in [6.07, 6.45) is 5.57. The van der Waals surface area contributed by atoms with Crippen LogP contribution in [0.3, 0.4) is 0 Å². The van der Waals surface area contributed by atoms with Crippen LogP contribution in [0.15, 0.2) is 4.79 Å². The molecule has 6 heteroatoms. The number of rotatable bonds is 2. The van der Waals surface area contributed by atoms with Crippen LogP contribution >= 0.6 is 12.4 Å². The van der Waals surface area contributed by atoms with E-state index in [1.165, 1.54) is 17.5 Å². The van der Waals surface area contributed by atoms with Crippen molar-refractivity contribution in [1.29, 1.82) is 0 Å². The first-order valence-electron chi connectivity index (χ1n) is 5.94. The third kappa shape index (κ3) is 2.90. The molecule has 1 aliphatic carbocycles. The van der Waals surface area contributed by atoms with E-state index in [-0.39, 0.29) is 24.1 Å². The molecule has 1 saturated carbocycles. The molecule has 2 atom stereocenters. The van der Waals surface area contributed by atoms with E-state index in [9.17, 15) is 4.79 Å². The second kappa shape index (κ2) is 5.69. The van der Waals surface area contributed by atoms with Gasteiger partial charge in [0.2, 0.25) is 0 Å². The third-order valence-corrected chi connectivity index (χ3v) is 3.63. The molecule has 0 unspecified atom stereocenters. The van der Waals surface area contributed by atoms with Gasteiger partial charge in [0, 0.05) is 26.6 Å². The van der Waals surface area contributed by atoms with Gasteiger partial charge in [-0.2, -0.15) is 5.10 Å². The van der Waals surface area contributed by atoms with Gasteiger partial charge in [-0.15, -0.1) is 12.4 Å². The van der Waals surface area contributed by atoms with E-state index >= 15 is 0 Å². The van der Waals surface area contributed by atoms with Crippen LogP contribution in [-0.2, 0) is 20.5 Å². The molecule has 0 spiro atoms. The topological polar surface area (TPSA) is 65.8 Å². The zero-order valence-corrected chi connectivity index (χ0v) is 11.2. The van der Waals surface area contributed by atoms with Crippen LogP contribution < -0.4 is 11.4 Å². The highest BCUT2D eigenvalue weighted by molar-refractivity contribution is 5.85. The Hall–Kier alpha value is -0.810. The Bertz CT molecular complexity index is 426. The number of nitrogens with two attached hydrogens (primary N) is 1. The van der Waals surface area contributed by atoms with Crippen LogP contribution in [0, 0.1) is 5.92 Å². The van der Waals surface area contributed by atoms with E-state index in [4.69, 9.17) is 5.73 Å². The van der Waals surface area contributed by atoms with Crippen LogP contribution in [0.1, 0.15) is 31.5 Å². The van der Waals surface area contributed by atoms with Crippen molar-refractivity contribution in [2.75, 3.05) is 0 Å². The van der Waals surface area contributed by atoms with E-state index in [0.29, 0.717) is 5.92 Å². The van der Waals surface area contributed by atoms with E-state index < -0.39 is 0 Å². The molecule has 0 aromatic carbocycles.